The molecule has 0 saturated carbocycles. The van der Waals surface area contributed by atoms with Crippen LogP contribution >= 0.6 is 11.6 Å². The zero-order chi connectivity index (χ0) is 20.8. The lowest BCUT2D eigenvalue weighted by molar-refractivity contribution is -0.385. The maximum Gasteiger partial charge on any atom is 0.337 e. The second kappa shape index (κ2) is 9.62. The summed E-state index contributed by atoms with van der Waals surface area (Å²) in [5.41, 5.74) is 0.505. The Balaban J connectivity index is 1.98. The number of halogens is 1. The molecule has 1 unspecified atom stereocenters. The Bertz CT molecular complexity index is 858. The molecule has 1 aliphatic heterocycles. The number of carbonyl (C=O) groups is 1. The molecule has 9 nitrogen and oxygen atoms in total. The molecule has 2 heterocycles. The van der Waals surface area contributed by atoms with Gasteiger partial charge >= 0.3 is 5.69 Å². The fourth-order valence-corrected chi connectivity index (χ4v) is 3.67. The maximum absolute atomic E-state index is 12.0. The van der Waals surface area contributed by atoms with Gasteiger partial charge in [-0.2, -0.15) is 0 Å². The number of ether oxygens (including phenoxy) is 1. The number of hydrogen-bond donors (Lipinski definition) is 1. The number of hydrogen-bond acceptors (Lipinski definition) is 8. The van der Waals surface area contributed by atoms with Gasteiger partial charge in [0, 0.05) is 17.8 Å². The molecular weight excluding hydrogens is 398 g/mol. The van der Waals surface area contributed by atoms with Gasteiger partial charge in [0.1, 0.15) is 6.33 Å². The monoisotopic (exact) mass is 419 g/mol. The molecule has 10 heteroatoms. The first kappa shape index (κ1) is 20.9. The van der Waals surface area contributed by atoms with Gasteiger partial charge in [-0.25, -0.2) is 9.97 Å². The predicted molar refractivity (Wildman–Crippen MR) is 108 cm³/mol. The van der Waals surface area contributed by atoms with E-state index in [1.807, 2.05) is 0 Å². The molecule has 1 N–H and O–H groups in total. The molecular formula is C19H22ClN5O4. The van der Waals surface area contributed by atoms with E-state index in [1.165, 1.54) is 6.33 Å². The average molecular weight is 420 g/mol. The van der Waals surface area contributed by atoms with E-state index in [1.54, 1.807) is 36.2 Å². The number of aromatic nitrogens is 2. The Hall–Kier alpha value is -2.78. The van der Waals surface area contributed by atoms with Crippen molar-refractivity contribution in [3.63, 3.8) is 0 Å². The normalized spacial score (nSPS) is 15.5. The standard InChI is InChI=1S/C19H22ClN5O4/c1-24(15-4-2-14(20)3-5-15)19-18(25(27)28)17(22-11-23-19)16(29-12-26)10-13-6-8-21-9-7-13/h2-5,11-13,16,21H,6-10H2,1H3. The van der Waals surface area contributed by atoms with Crippen molar-refractivity contribution in [3.8, 4) is 0 Å². The minimum atomic E-state index is -0.809. The van der Waals surface area contributed by atoms with Crippen LogP contribution in [0.1, 0.15) is 31.1 Å². The zero-order valence-corrected chi connectivity index (χ0v) is 16.7. The smallest absolute Gasteiger partial charge is 0.337 e. The van der Waals surface area contributed by atoms with Crippen LogP contribution in [0, 0.1) is 16.0 Å². The van der Waals surface area contributed by atoms with E-state index < -0.39 is 11.0 Å². The van der Waals surface area contributed by atoms with Gasteiger partial charge in [0.2, 0.25) is 5.82 Å². The van der Waals surface area contributed by atoms with E-state index in [2.05, 4.69) is 15.3 Å². The fourth-order valence-electron chi connectivity index (χ4n) is 3.54. The van der Waals surface area contributed by atoms with Crippen LogP contribution in [0.4, 0.5) is 17.2 Å². The largest absolute Gasteiger partial charge is 0.458 e. The molecule has 29 heavy (non-hydrogen) atoms. The summed E-state index contributed by atoms with van der Waals surface area (Å²) in [4.78, 5) is 32.4. The van der Waals surface area contributed by atoms with Crippen LogP contribution in [-0.4, -0.2) is 41.5 Å². The first-order valence-corrected chi connectivity index (χ1v) is 9.67. The average Bonchev–Trinajstić information content (AvgIpc) is 2.73. The van der Waals surface area contributed by atoms with Gasteiger partial charge in [0.05, 0.1) is 4.92 Å². The molecule has 2 aromatic rings. The van der Waals surface area contributed by atoms with Crippen LogP contribution < -0.4 is 10.2 Å². The number of piperidine rings is 1. The van der Waals surface area contributed by atoms with Gasteiger partial charge in [0.25, 0.3) is 6.47 Å². The number of rotatable bonds is 8. The van der Waals surface area contributed by atoms with Crippen molar-refractivity contribution in [2.24, 2.45) is 5.92 Å². The number of carbonyl (C=O) groups excluding carboxylic acids is 1. The summed E-state index contributed by atoms with van der Waals surface area (Å²) in [6, 6.07) is 6.86. The molecule has 0 spiro atoms. The summed E-state index contributed by atoms with van der Waals surface area (Å²) in [6.07, 6.45) is 2.75. The third-order valence-electron chi connectivity index (χ3n) is 5.08. The highest BCUT2D eigenvalue weighted by Gasteiger charge is 2.33. The third kappa shape index (κ3) is 4.99. The summed E-state index contributed by atoms with van der Waals surface area (Å²) >= 11 is 5.93. The lowest BCUT2D eigenvalue weighted by Crippen LogP contribution is -2.29. The highest BCUT2D eigenvalue weighted by molar-refractivity contribution is 6.30. The minimum absolute atomic E-state index is 0.103. The summed E-state index contributed by atoms with van der Waals surface area (Å²) in [7, 11) is 1.67. The molecule has 0 amide bonds. The molecule has 3 rings (SSSR count). The molecule has 1 aliphatic rings. The quantitative estimate of drug-likeness (QED) is 0.393. The van der Waals surface area contributed by atoms with Crippen LogP contribution in [0.5, 0.6) is 0 Å². The highest BCUT2D eigenvalue weighted by atomic mass is 35.5. The van der Waals surface area contributed by atoms with Crippen molar-refractivity contribution < 1.29 is 14.5 Å². The van der Waals surface area contributed by atoms with E-state index >= 15 is 0 Å². The maximum atomic E-state index is 12.0. The van der Waals surface area contributed by atoms with Gasteiger partial charge in [-0.15, -0.1) is 0 Å². The topological polar surface area (TPSA) is 110 Å². The van der Waals surface area contributed by atoms with Crippen molar-refractivity contribution in [2.45, 2.75) is 25.4 Å². The summed E-state index contributed by atoms with van der Waals surface area (Å²) in [5, 5.41) is 15.8. The van der Waals surface area contributed by atoms with E-state index in [4.69, 9.17) is 16.3 Å². The summed E-state index contributed by atoms with van der Waals surface area (Å²) in [6.45, 7) is 2.06. The highest BCUT2D eigenvalue weighted by Crippen LogP contribution is 2.38. The predicted octanol–water partition coefficient (Wildman–Crippen LogP) is 3.41. The van der Waals surface area contributed by atoms with Crippen molar-refractivity contribution in [2.75, 3.05) is 25.0 Å². The second-order valence-corrected chi connectivity index (χ2v) is 7.31. The Morgan fingerprint density at radius 2 is 2.03 bits per heavy atom. The molecule has 1 fully saturated rings. The molecule has 1 atom stereocenters. The SMILES string of the molecule is CN(c1ccc(Cl)cc1)c1ncnc(C(CC2CCNCC2)OC=O)c1[N+](=O)[O-]. The lowest BCUT2D eigenvalue weighted by atomic mass is 9.90. The van der Waals surface area contributed by atoms with E-state index in [-0.39, 0.29) is 23.1 Å². The first-order chi connectivity index (χ1) is 14.0. The van der Waals surface area contributed by atoms with Crippen molar-refractivity contribution in [1.82, 2.24) is 15.3 Å². The third-order valence-corrected chi connectivity index (χ3v) is 5.33. The Morgan fingerprint density at radius 3 is 2.66 bits per heavy atom. The van der Waals surface area contributed by atoms with Gasteiger partial charge < -0.3 is 15.0 Å². The summed E-state index contributed by atoms with van der Waals surface area (Å²) < 4.78 is 5.25. The van der Waals surface area contributed by atoms with E-state index in [0.717, 1.165) is 25.9 Å². The van der Waals surface area contributed by atoms with Crippen LogP contribution in [0.25, 0.3) is 0 Å². The number of benzene rings is 1. The number of anilines is 2. The van der Waals surface area contributed by atoms with Crippen LogP contribution in [0.2, 0.25) is 5.02 Å². The van der Waals surface area contributed by atoms with Gasteiger partial charge in [-0.1, -0.05) is 11.6 Å². The molecule has 0 aliphatic carbocycles. The molecule has 0 radical (unpaired) electrons. The molecule has 154 valence electrons. The number of nitro groups is 1. The fraction of sp³-hybridized carbons (Fsp3) is 0.421. The molecule has 1 aromatic heterocycles. The van der Waals surface area contributed by atoms with Crippen LogP contribution in [0.3, 0.4) is 0 Å². The zero-order valence-electron chi connectivity index (χ0n) is 16.0. The van der Waals surface area contributed by atoms with E-state index in [9.17, 15) is 14.9 Å². The number of nitrogens with one attached hydrogen (secondary N) is 1. The summed E-state index contributed by atoms with van der Waals surface area (Å²) in [5.74, 6) is 0.403. The second-order valence-electron chi connectivity index (χ2n) is 6.87. The van der Waals surface area contributed by atoms with Crippen molar-refractivity contribution in [3.05, 3.63) is 51.4 Å². The van der Waals surface area contributed by atoms with Crippen molar-refractivity contribution >= 4 is 35.3 Å². The van der Waals surface area contributed by atoms with Gasteiger partial charge in [-0.3, -0.25) is 14.9 Å². The molecule has 1 saturated heterocycles. The Kier molecular flexibility index (Phi) is 6.95. The van der Waals surface area contributed by atoms with Gasteiger partial charge in [-0.05, 0) is 62.5 Å². The minimum Gasteiger partial charge on any atom is -0.458 e. The Labute approximate surface area is 173 Å². The van der Waals surface area contributed by atoms with Crippen LogP contribution in [0.15, 0.2) is 30.6 Å². The van der Waals surface area contributed by atoms with E-state index in [0.29, 0.717) is 23.6 Å². The van der Waals surface area contributed by atoms with Crippen molar-refractivity contribution in [1.29, 1.82) is 0 Å². The first-order valence-electron chi connectivity index (χ1n) is 9.29. The molecule has 1 aromatic carbocycles. The molecule has 0 bridgehead atoms. The number of nitrogens with zero attached hydrogens (tertiary/aromatic N) is 4. The van der Waals surface area contributed by atoms with Gasteiger partial charge in [0.15, 0.2) is 11.8 Å². The van der Waals surface area contributed by atoms with Crippen LogP contribution in [-0.2, 0) is 9.53 Å². The lowest BCUT2D eigenvalue weighted by Gasteiger charge is -2.26. The Morgan fingerprint density at radius 1 is 1.34 bits per heavy atom.